The van der Waals surface area contributed by atoms with Gasteiger partial charge in [0.1, 0.15) is 0 Å². The van der Waals surface area contributed by atoms with Crippen LogP contribution in [0.15, 0.2) is 0 Å². The zero-order chi connectivity index (χ0) is 12.7. The van der Waals surface area contributed by atoms with Gasteiger partial charge in [-0.15, -0.1) is 0 Å². The van der Waals surface area contributed by atoms with Gasteiger partial charge in [0.15, 0.2) is 0 Å². The number of hydrogen-bond acceptors (Lipinski definition) is 2. The van der Waals surface area contributed by atoms with Gasteiger partial charge < -0.3 is 15.5 Å². The van der Waals surface area contributed by atoms with Gasteiger partial charge in [0.25, 0.3) is 0 Å². The summed E-state index contributed by atoms with van der Waals surface area (Å²) in [6.07, 6.45) is 4.95. The Morgan fingerprint density at radius 1 is 1.18 bits per heavy atom. The molecule has 1 aliphatic heterocycles. The number of nitrogens with one attached hydrogen (secondary N) is 2. The molecule has 0 aromatic carbocycles. The second kappa shape index (κ2) is 6.84. The number of urea groups is 1. The molecule has 0 unspecified atom stereocenters. The van der Waals surface area contributed by atoms with E-state index in [0.29, 0.717) is 0 Å². The SMILES string of the molecule is CC(C)(C)NC(=O)NCCCCN1CCCC1. The Bertz CT molecular complexity index is 229. The van der Waals surface area contributed by atoms with E-state index in [4.69, 9.17) is 0 Å². The maximum Gasteiger partial charge on any atom is 0.315 e. The van der Waals surface area contributed by atoms with Crippen LogP contribution >= 0.6 is 0 Å². The molecule has 0 bridgehead atoms. The Balaban J connectivity index is 1.94. The van der Waals surface area contributed by atoms with Crippen molar-refractivity contribution in [3.8, 4) is 0 Å². The van der Waals surface area contributed by atoms with Gasteiger partial charge >= 0.3 is 6.03 Å². The molecule has 2 N–H and O–H groups in total. The van der Waals surface area contributed by atoms with Crippen molar-refractivity contribution in [2.45, 2.75) is 52.0 Å². The molecular formula is C13H27N3O. The highest BCUT2D eigenvalue weighted by Crippen LogP contribution is 2.07. The van der Waals surface area contributed by atoms with Gasteiger partial charge in [-0.3, -0.25) is 0 Å². The molecular weight excluding hydrogens is 214 g/mol. The van der Waals surface area contributed by atoms with Gasteiger partial charge in [-0.05, 0) is 66.1 Å². The lowest BCUT2D eigenvalue weighted by Gasteiger charge is -2.20. The van der Waals surface area contributed by atoms with E-state index in [1.165, 1.54) is 38.9 Å². The lowest BCUT2D eigenvalue weighted by atomic mass is 10.1. The van der Waals surface area contributed by atoms with Gasteiger partial charge in [-0.1, -0.05) is 0 Å². The highest BCUT2D eigenvalue weighted by molar-refractivity contribution is 5.74. The molecule has 1 rings (SSSR count). The van der Waals surface area contributed by atoms with Crippen molar-refractivity contribution >= 4 is 6.03 Å². The molecule has 0 aromatic rings. The third-order valence-corrected chi connectivity index (χ3v) is 2.87. The van der Waals surface area contributed by atoms with E-state index in [2.05, 4.69) is 15.5 Å². The molecule has 1 aliphatic rings. The first kappa shape index (κ1) is 14.3. The standard InChI is InChI=1S/C13H27N3O/c1-13(2,3)15-12(17)14-8-4-5-9-16-10-6-7-11-16/h4-11H2,1-3H3,(H2,14,15,17). The van der Waals surface area contributed by atoms with Gasteiger partial charge in [0.2, 0.25) is 0 Å². The minimum Gasteiger partial charge on any atom is -0.338 e. The molecule has 0 aliphatic carbocycles. The van der Waals surface area contributed by atoms with Crippen LogP contribution in [0.2, 0.25) is 0 Å². The lowest BCUT2D eigenvalue weighted by Crippen LogP contribution is -2.46. The van der Waals surface area contributed by atoms with Crippen molar-refractivity contribution in [1.82, 2.24) is 15.5 Å². The number of nitrogens with zero attached hydrogens (tertiary/aromatic N) is 1. The molecule has 4 heteroatoms. The maximum atomic E-state index is 11.4. The van der Waals surface area contributed by atoms with E-state index in [1.807, 2.05) is 20.8 Å². The van der Waals surface area contributed by atoms with Crippen molar-refractivity contribution < 1.29 is 4.79 Å². The summed E-state index contributed by atoms with van der Waals surface area (Å²) in [5.74, 6) is 0. The summed E-state index contributed by atoms with van der Waals surface area (Å²) in [6, 6.07) is -0.0568. The number of unbranched alkanes of at least 4 members (excludes halogenated alkanes) is 1. The van der Waals surface area contributed by atoms with E-state index >= 15 is 0 Å². The van der Waals surface area contributed by atoms with Gasteiger partial charge in [0.05, 0.1) is 0 Å². The Kier molecular flexibility index (Phi) is 5.75. The molecule has 1 heterocycles. The Morgan fingerprint density at radius 2 is 1.82 bits per heavy atom. The molecule has 1 fully saturated rings. The highest BCUT2D eigenvalue weighted by Gasteiger charge is 2.13. The summed E-state index contributed by atoms with van der Waals surface area (Å²) in [5.41, 5.74) is -0.153. The molecule has 100 valence electrons. The van der Waals surface area contributed by atoms with Crippen molar-refractivity contribution in [1.29, 1.82) is 0 Å². The topological polar surface area (TPSA) is 44.4 Å². The Morgan fingerprint density at radius 3 is 2.41 bits per heavy atom. The number of carbonyl (C=O) groups excluding carboxylic acids is 1. The zero-order valence-electron chi connectivity index (χ0n) is 11.5. The fraction of sp³-hybridized carbons (Fsp3) is 0.923. The summed E-state index contributed by atoms with van der Waals surface area (Å²) in [7, 11) is 0. The summed E-state index contributed by atoms with van der Waals surface area (Å²) in [6.45, 7) is 10.4. The molecule has 0 atom stereocenters. The fourth-order valence-corrected chi connectivity index (χ4v) is 2.05. The molecule has 0 saturated carbocycles. The second-order valence-corrected chi connectivity index (χ2v) is 5.89. The van der Waals surface area contributed by atoms with Crippen LogP contribution in [-0.4, -0.2) is 42.6 Å². The van der Waals surface area contributed by atoms with E-state index in [0.717, 1.165) is 13.0 Å². The second-order valence-electron chi connectivity index (χ2n) is 5.89. The van der Waals surface area contributed by atoms with E-state index in [1.54, 1.807) is 0 Å². The van der Waals surface area contributed by atoms with Crippen LogP contribution in [0.5, 0.6) is 0 Å². The summed E-state index contributed by atoms with van der Waals surface area (Å²) < 4.78 is 0. The van der Waals surface area contributed by atoms with Crippen LogP contribution in [0.1, 0.15) is 46.5 Å². The number of carbonyl (C=O) groups is 1. The van der Waals surface area contributed by atoms with E-state index in [9.17, 15) is 4.79 Å². The molecule has 0 radical (unpaired) electrons. The minimum atomic E-state index is -0.153. The third kappa shape index (κ3) is 7.21. The normalized spacial score (nSPS) is 17.1. The number of rotatable bonds is 5. The predicted molar refractivity (Wildman–Crippen MR) is 71.2 cm³/mol. The third-order valence-electron chi connectivity index (χ3n) is 2.87. The molecule has 17 heavy (non-hydrogen) atoms. The predicted octanol–water partition coefficient (Wildman–Crippen LogP) is 1.96. The first-order valence-corrected chi connectivity index (χ1v) is 6.76. The van der Waals surface area contributed by atoms with E-state index in [-0.39, 0.29) is 11.6 Å². The first-order chi connectivity index (χ1) is 7.97. The fourth-order valence-electron chi connectivity index (χ4n) is 2.05. The zero-order valence-corrected chi connectivity index (χ0v) is 11.5. The monoisotopic (exact) mass is 241 g/mol. The maximum absolute atomic E-state index is 11.4. The molecule has 1 saturated heterocycles. The lowest BCUT2D eigenvalue weighted by molar-refractivity contribution is 0.231. The number of hydrogen-bond donors (Lipinski definition) is 2. The van der Waals surface area contributed by atoms with Crippen LogP contribution in [0, 0.1) is 0 Å². The van der Waals surface area contributed by atoms with E-state index < -0.39 is 0 Å². The molecule has 4 nitrogen and oxygen atoms in total. The minimum absolute atomic E-state index is 0.0568. The smallest absolute Gasteiger partial charge is 0.315 e. The quantitative estimate of drug-likeness (QED) is 0.723. The van der Waals surface area contributed by atoms with Crippen LogP contribution in [0.25, 0.3) is 0 Å². The van der Waals surface area contributed by atoms with Crippen molar-refractivity contribution in [2.24, 2.45) is 0 Å². The Hall–Kier alpha value is -0.770. The van der Waals surface area contributed by atoms with Crippen molar-refractivity contribution in [3.05, 3.63) is 0 Å². The summed E-state index contributed by atoms with van der Waals surface area (Å²) >= 11 is 0. The van der Waals surface area contributed by atoms with Crippen LogP contribution < -0.4 is 10.6 Å². The van der Waals surface area contributed by atoms with Gasteiger partial charge in [0, 0.05) is 12.1 Å². The molecule has 0 aromatic heterocycles. The van der Waals surface area contributed by atoms with Crippen LogP contribution in [-0.2, 0) is 0 Å². The summed E-state index contributed by atoms with van der Waals surface area (Å²) in [4.78, 5) is 14.0. The molecule has 0 spiro atoms. The average molecular weight is 241 g/mol. The van der Waals surface area contributed by atoms with Crippen molar-refractivity contribution in [3.63, 3.8) is 0 Å². The highest BCUT2D eigenvalue weighted by atomic mass is 16.2. The van der Waals surface area contributed by atoms with Crippen LogP contribution in [0.3, 0.4) is 0 Å². The number of likely N-dealkylation sites (tertiary alicyclic amines) is 1. The Labute approximate surface area is 105 Å². The van der Waals surface area contributed by atoms with Gasteiger partial charge in [-0.2, -0.15) is 0 Å². The average Bonchev–Trinajstić information content (AvgIpc) is 2.67. The first-order valence-electron chi connectivity index (χ1n) is 6.76. The van der Waals surface area contributed by atoms with Crippen molar-refractivity contribution in [2.75, 3.05) is 26.2 Å². The summed E-state index contributed by atoms with van der Waals surface area (Å²) in [5, 5.41) is 5.79. The van der Waals surface area contributed by atoms with Gasteiger partial charge in [-0.25, -0.2) is 4.79 Å². The van der Waals surface area contributed by atoms with Crippen LogP contribution in [0.4, 0.5) is 4.79 Å². The largest absolute Gasteiger partial charge is 0.338 e. The molecule has 2 amide bonds. The number of amides is 2.